The number of benzene rings is 3. The van der Waals surface area contributed by atoms with Gasteiger partial charge >= 0.3 is 0 Å². The summed E-state index contributed by atoms with van der Waals surface area (Å²) in [7, 11) is 1.72. The molecule has 0 unspecified atom stereocenters. The maximum atomic E-state index is 13.1. The molecule has 30 heavy (non-hydrogen) atoms. The molecule has 3 aromatic rings. The van der Waals surface area contributed by atoms with Crippen molar-refractivity contribution in [2.45, 2.75) is 26.7 Å². The van der Waals surface area contributed by atoms with Crippen molar-refractivity contribution in [1.29, 1.82) is 0 Å². The maximum Gasteiger partial charge on any atom is 0.261 e. The van der Waals surface area contributed by atoms with E-state index in [9.17, 15) is 9.59 Å². The molecule has 0 fully saturated rings. The number of carbonyl (C=O) groups is 2. The normalized spacial score (nSPS) is 12.5. The van der Waals surface area contributed by atoms with Crippen LogP contribution in [0.4, 0.5) is 11.4 Å². The van der Waals surface area contributed by atoms with Crippen molar-refractivity contribution >= 4 is 23.2 Å². The largest absolute Gasteiger partial charge is 0.454 e. The van der Waals surface area contributed by atoms with E-state index in [1.54, 1.807) is 30.1 Å². The Morgan fingerprint density at radius 1 is 1.00 bits per heavy atom. The van der Waals surface area contributed by atoms with E-state index in [0.29, 0.717) is 34.0 Å². The average molecular weight is 400 g/mol. The van der Waals surface area contributed by atoms with E-state index in [4.69, 9.17) is 4.74 Å². The third-order valence-electron chi connectivity index (χ3n) is 5.22. The van der Waals surface area contributed by atoms with Crippen molar-refractivity contribution in [3.63, 3.8) is 0 Å². The van der Waals surface area contributed by atoms with E-state index in [2.05, 4.69) is 12.2 Å². The minimum Gasteiger partial charge on any atom is -0.454 e. The van der Waals surface area contributed by atoms with Crippen LogP contribution in [0.2, 0.25) is 0 Å². The van der Waals surface area contributed by atoms with E-state index < -0.39 is 0 Å². The highest BCUT2D eigenvalue weighted by Gasteiger charge is 2.26. The Morgan fingerprint density at radius 3 is 2.47 bits per heavy atom. The number of amides is 2. The van der Waals surface area contributed by atoms with Gasteiger partial charge in [-0.3, -0.25) is 9.59 Å². The van der Waals surface area contributed by atoms with Crippen LogP contribution in [-0.4, -0.2) is 18.9 Å². The van der Waals surface area contributed by atoms with Gasteiger partial charge in [-0.1, -0.05) is 31.5 Å². The lowest BCUT2D eigenvalue weighted by Gasteiger charge is -2.16. The molecule has 1 N–H and O–H groups in total. The van der Waals surface area contributed by atoms with Crippen LogP contribution in [0.3, 0.4) is 0 Å². The Morgan fingerprint density at radius 2 is 1.73 bits per heavy atom. The Kier molecular flexibility index (Phi) is 5.27. The van der Waals surface area contributed by atoms with Gasteiger partial charge in [-0.25, -0.2) is 0 Å². The molecule has 4 rings (SSSR count). The van der Waals surface area contributed by atoms with Crippen molar-refractivity contribution in [3.8, 4) is 11.5 Å². The molecule has 5 heteroatoms. The summed E-state index contributed by atoms with van der Waals surface area (Å²) in [5, 5.41) is 2.88. The van der Waals surface area contributed by atoms with E-state index in [-0.39, 0.29) is 11.8 Å². The number of ether oxygens (including phenoxy) is 1. The molecule has 0 saturated carbocycles. The van der Waals surface area contributed by atoms with Crippen LogP contribution in [0.15, 0.2) is 60.7 Å². The number of carbonyl (C=O) groups excluding carboxylic acids is 2. The minimum atomic E-state index is -0.216. The minimum absolute atomic E-state index is 0.186. The van der Waals surface area contributed by atoms with Crippen molar-refractivity contribution in [3.05, 3.63) is 82.9 Å². The summed E-state index contributed by atoms with van der Waals surface area (Å²) in [5.74, 6) is 0.692. The number of rotatable bonds is 4. The van der Waals surface area contributed by atoms with Crippen LogP contribution < -0.4 is 15.0 Å². The third-order valence-corrected chi connectivity index (χ3v) is 5.22. The second-order valence-corrected chi connectivity index (χ2v) is 7.55. The first-order chi connectivity index (χ1) is 14.5. The highest BCUT2D eigenvalue weighted by molar-refractivity contribution is 6.11. The van der Waals surface area contributed by atoms with Gasteiger partial charge in [-0.2, -0.15) is 0 Å². The summed E-state index contributed by atoms with van der Waals surface area (Å²) in [6.45, 7) is 4.10. The average Bonchev–Trinajstić information content (AvgIpc) is 2.84. The molecule has 3 aromatic carbocycles. The number of fused-ring (bicyclic) bond motifs is 2. The van der Waals surface area contributed by atoms with Crippen molar-refractivity contribution in [2.75, 3.05) is 17.3 Å². The predicted molar refractivity (Wildman–Crippen MR) is 119 cm³/mol. The molecule has 1 heterocycles. The Hall–Kier alpha value is -3.60. The molecule has 0 saturated heterocycles. The number of nitrogens with one attached hydrogen (secondary N) is 1. The van der Waals surface area contributed by atoms with Gasteiger partial charge in [0.25, 0.3) is 11.8 Å². The summed E-state index contributed by atoms with van der Waals surface area (Å²) < 4.78 is 6.00. The standard InChI is InChI=1S/C25H24N2O3/c1-4-5-17-7-9-18(10-8-17)24(28)26-19-11-13-22-20(15-19)25(29)27(3)21-14-16(2)6-12-23(21)30-22/h6-15H,4-5H2,1-3H3,(H,26,28). The molecular weight excluding hydrogens is 376 g/mol. The Balaban J connectivity index is 1.59. The molecule has 0 bridgehead atoms. The van der Waals surface area contributed by atoms with E-state index in [1.165, 1.54) is 5.56 Å². The van der Waals surface area contributed by atoms with Gasteiger partial charge in [0.15, 0.2) is 5.75 Å². The number of anilines is 2. The third kappa shape index (κ3) is 3.79. The smallest absolute Gasteiger partial charge is 0.261 e. The summed E-state index contributed by atoms with van der Waals surface area (Å²) in [4.78, 5) is 27.3. The Bertz CT molecular complexity index is 1120. The zero-order chi connectivity index (χ0) is 21.3. The quantitative estimate of drug-likeness (QED) is 0.622. The van der Waals surface area contributed by atoms with Gasteiger partial charge in [0.1, 0.15) is 5.75 Å². The molecule has 1 aliphatic rings. The fourth-order valence-electron chi connectivity index (χ4n) is 3.56. The van der Waals surface area contributed by atoms with Crippen LogP contribution in [0.1, 0.15) is 45.2 Å². The van der Waals surface area contributed by atoms with Gasteiger partial charge < -0.3 is 15.0 Å². The zero-order valence-corrected chi connectivity index (χ0v) is 17.4. The highest BCUT2D eigenvalue weighted by atomic mass is 16.5. The van der Waals surface area contributed by atoms with Crippen LogP contribution in [0.5, 0.6) is 11.5 Å². The maximum absolute atomic E-state index is 13.1. The molecule has 152 valence electrons. The first kappa shape index (κ1) is 19.7. The number of aryl methyl sites for hydroxylation is 2. The van der Waals surface area contributed by atoms with Crippen molar-refractivity contribution in [1.82, 2.24) is 0 Å². The predicted octanol–water partition coefficient (Wildman–Crippen LogP) is 5.58. The number of hydrogen-bond acceptors (Lipinski definition) is 3. The second-order valence-electron chi connectivity index (χ2n) is 7.55. The van der Waals surface area contributed by atoms with Crippen molar-refractivity contribution < 1.29 is 14.3 Å². The van der Waals surface area contributed by atoms with Gasteiger partial charge in [0, 0.05) is 18.3 Å². The summed E-state index contributed by atoms with van der Waals surface area (Å²) >= 11 is 0. The van der Waals surface area contributed by atoms with Gasteiger partial charge in [-0.05, 0) is 66.9 Å². The Labute approximate surface area is 176 Å². The highest BCUT2D eigenvalue weighted by Crippen LogP contribution is 2.39. The van der Waals surface area contributed by atoms with Crippen molar-refractivity contribution in [2.24, 2.45) is 0 Å². The molecule has 0 aliphatic carbocycles. The van der Waals surface area contributed by atoms with Gasteiger partial charge in [0.2, 0.25) is 0 Å². The molecule has 5 nitrogen and oxygen atoms in total. The zero-order valence-electron chi connectivity index (χ0n) is 17.4. The number of hydrogen-bond donors (Lipinski definition) is 1. The lowest BCUT2D eigenvalue weighted by atomic mass is 10.1. The van der Waals surface area contributed by atoms with Crippen LogP contribution in [0, 0.1) is 6.92 Å². The molecule has 2 amide bonds. The number of nitrogens with zero attached hydrogens (tertiary/aromatic N) is 1. The topological polar surface area (TPSA) is 58.6 Å². The summed E-state index contributed by atoms with van der Waals surface area (Å²) in [6, 6.07) is 18.5. The summed E-state index contributed by atoms with van der Waals surface area (Å²) in [6.07, 6.45) is 2.05. The molecule has 1 aliphatic heterocycles. The molecule has 0 spiro atoms. The molecule has 0 radical (unpaired) electrons. The van der Waals surface area contributed by atoms with E-state index >= 15 is 0 Å². The SMILES string of the molecule is CCCc1ccc(C(=O)Nc2ccc3c(c2)C(=O)N(C)c2cc(C)ccc2O3)cc1. The fraction of sp³-hybridized carbons (Fsp3) is 0.200. The van der Waals surface area contributed by atoms with E-state index in [1.807, 2.05) is 49.4 Å². The lowest BCUT2D eigenvalue weighted by molar-refractivity contribution is 0.0990. The second kappa shape index (κ2) is 8.03. The van der Waals surface area contributed by atoms with Crippen LogP contribution in [-0.2, 0) is 6.42 Å². The monoisotopic (exact) mass is 400 g/mol. The fourth-order valence-corrected chi connectivity index (χ4v) is 3.56. The van der Waals surface area contributed by atoms with Gasteiger partial charge in [-0.15, -0.1) is 0 Å². The van der Waals surface area contributed by atoms with Crippen LogP contribution >= 0.6 is 0 Å². The van der Waals surface area contributed by atoms with Crippen LogP contribution in [0.25, 0.3) is 0 Å². The first-order valence-corrected chi connectivity index (χ1v) is 10.1. The van der Waals surface area contributed by atoms with E-state index in [0.717, 1.165) is 18.4 Å². The lowest BCUT2D eigenvalue weighted by Crippen LogP contribution is -2.25. The van der Waals surface area contributed by atoms with Gasteiger partial charge in [0.05, 0.1) is 11.3 Å². The molecule has 0 atom stereocenters. The summed E-state index contributed by atoms with van der Waals surface area (Å²) in [5.41, 5.74) is 4.49. The molecular formula is C25H24N2O3. The molecule has 0 aromatic heterocycles. The first-order valence-electron chi connectivity index (χ1n) is 10.1.